The third kappa shape index (κ3) is 1.72. The normalized spacial score (nSPS) is 24.3. The zero-order valence-corrected chi connectivity index (χ0v) is 7.41. The molecule has 10 heavy (non-hydrogen) atoms. The minimum atomic E-state index is 0.711. The SMILES string of the molecule is CCC1(CC(C)NC)CC1. The highest BCUT2D eigenvalue weighted by Gasteiger charge is 2.40. The highest BCUT2D eigenvalue weighted by atomic mass is 14.9. The maximum absolute atomic E-state index is 3.30. The van der Waals surface area contributed by atoms with Crippen molar-refractivity contribution >= 4 is 0 Å². The Hall–Kier alpha value is -0.0400. The summed E-state index contributed by atoms with van der Waals surface area (Å²) in [6.07, 6.45) is 5.68. The molecule has 1 N–H and O–H groups in total. The van der Waals surface area contributed by atoms with Crippen molar-refractivity contribution in [2.75, 3.05) is 7.05 Å². The van der Waals surface area contributed by atoms with Crippen molar-refractivity contribution in [1.29, 1.82) is 0 Å². The molecule has 0 aromatic rings. The quantitative estimate of drug-likeness (QED) is 0.632. The molecule has 0 bridgehead atoms. The molecule has 1 rings (SSSR count). The molecule has 1 heteroatoms. The second kappa shape index (κ2) is 2.91. The van der Waals surface area contributed by atoms with Crippen molar-refractivity contribution in [3.8, 4) is 0 Å². The molecule has 0 radical (unpaired) electrons. The summed E-state index contributed by atoms with van der Waals surface area (Å²) in [7, 11) is 2.05. The Morgan fingerprint density at radius 2 is 2.10 bits per heavy atom. The van der Waals surface area contributed by atoms with E-state index in [-0.39, 0.29) is 0 Å². The molecule has 0 amide bonds. The van der Waals surface area contributed by atoms with Gasteiger partial charge in [0.25, 0.3) is 0 Å². The van der Waals surface area contributed by atoms with Crippen LogP contribution in [0.5, 0.6) is 0 Å². The summed E-state index contributed by atoms with van der Waals surface area (Å²) in [6, 6.07) is 0.711. The summed E-state index contributed by atoms with van der Waals surface area (Å²) in [5.74, 6) is 0. The van der Waals surface area contributed by atoms with Crippen LogP contribution >= 0.6 is 0 Å². The fraction of sp³-hybridized carbons (Fsp3) is 1.00. The molecule has 0 spiro atoms. The second-order valence-corrected chi connectivity index (χ2v) is 3.75. The zero-order chi connectivity index (χ0) is 7.61. The van der Waals surface area contributed by atoms with Crippen LogP contribution in [0.2, 0.25) is 0 Å². The average Bonchev–Trinajstić information content (AvgIpc) is 2.70. The maximum Gasteiger partial charge on any atom is 0.00410 e. The smallest absolute Gasteiger partial charge is 0.00410 e. The predicted octanol–water partition coefficient (Wildman–Crippen LogP) is 2.17. The minimum absolute atomic E-state index is 0.711. The van der Waals surface area contributed by atoms with E-state index >= 15 is 0 Å². The zero-order valence-electron chi connectivity index (χ0n) is 7.41. The van der Waals surface area contributed by atoms with Gasteiger partial charge < -0.3 is 5.32 Å². The van der Waals surface area contributed by atoms with Crippen molar-refractivity contribution in [3.05, 3.63) is 0 Å². The van der Waals surface area contributed by atoms with Gasteiger partial charge in [-0.2, -0.15) is 0 Å². The van der Waals surface area contributed by atoms with Gasteiger partial charge in [0.05, 0.1) is 0 Å². The van der Waals surface area contributed by atoms with Crippen molar-refractivity contribution in [2.45, 2.75) is 45.6 Å². The number of hydrogen-bond donors (Lipinski definition) is 1. The molecule has 0 aliphatic heterocycles. The summed E-state index contributed by atoms with van der Waals surface area (Å²) in [5, 5.41) is 3.30. The third-order valence-electron chi connectivity index (χ3n) is 2.94. The van der Waals surface area contributed by atoms with Crippen LogP contribution in [-0.2, 0) is 0 Å². The van der Waals surface area contributed by atoms with E-state index < -0.39 is 0 Å². The molecule has 1 aliphatic rings. The Kier molecular flexibility index (Phi) is 2.35. The monoisotopic (exact) mass is 141 g/mol. The summed E-state index contributed by atoms with van der Waals surface area (Å²) in [4.78, 5) is 0. The molecule has 1 nitrogen and oxygen atoms in total. The molecule has 1 aliphatic carbocycles. The van der Waals surface area contributed by atoms with E-state index in [0.29, 0.717) is 6.04 Å². The van der Waals surface area contributed by atoms with Crippen molar-refractivity contribution < 1.29 is 0 Å². The van der Waals surface area contributed by atoms with Crippen molar-refractivity contribution in [3.63, 3.8) is 0 Å². The van der Waals surface area contributed by atoms with Gasteiger partial charge in [0, 0.05) is 6.04 Å². The van der Waals surface area contributed by atoms with Gasteiger partial charge in [-0.1, -0.05) is 13.3 Å². The van der Waals surface area contributed by atoms with Gasteiger partial charge in [-0.25, -0.2) is 0 Å². The summed E-state index contributed by atoms with van der Waals surface area (Å²) < 4.78 is 0. The van der Waals surface area contributed by atoms with Crippen LogP contribution in [0.3, 0.4) is 0 Å². The summed E-state index contributed by atoms with van der Waals surface area (Å²) in [5.41, 5.74) is 0.752. The Bertz CT molecular complexity index is 105. The highest BCUT2D eigenvalue weighted by molar-refractivity contribution is 4.93. The van der Waals surface area contributed by atoms with E-state index in [2.05, 4.69) is 26.2 Å². The molecule has 1 unspecified atom stereocenters. The van der Waals surface area contributed by atoms with Gasteiger partial charge in [-0.05, 0) is 38.6 Å². The lowest BCUT2D eigenvalue weighted by Gasteiger charge is -2.17. The Morgan fingerprint density at radius 3 is 2.40 bits per heavy atom. The van der Waals surface area contributed by atoms with Crippen LogP contribution in [-0.4, -0.2) is 13.1 Å². The van der Waals surface area contributed by atoms with Crippen LogP contribution in [0.4, 0.5) is 0 Å². The molecular formula is C9H19N. The number of rotatable bonds is 4. The van der Waals surface area contributed by atoms with Crippen molar-refractivity contribution in [1.82, 2.24) is 5.32 Å². The van der Waals surface area contributed by atoms with Crippen LogP contribution in [0.25, 0.3) is 0 Å². The molecular weight excluding hydrogens is 122 g/mol. The van der Waals surface area contributed by atoms with Gasteiger partial charge in [0.2, 0.25) is 0 Å². The summed E-state index contributed by atoms with van der Waals surface area (Å²) >= 11 is 0. The molecule has 0 heterocycles. The Balaban J connectivity index is 2.23. The predicted molar refractivity (Wildman–Crippen MR) is 45.1 cm³/mol. The van der Waals surface area contributed by atoms with E-state index in [9.17, 15) is 0 Å². The number of hydrogen-bond acceptors (Lipinski definition) is 1. The number of nitrogens with one attached hydrogen (secondary N) is 1. The van der Waals surface area contributed by atoms with E-state index in [4.69, 9.17) is 0 Å². The molecule has 0 aromatic heterocycles. The fourth-order valence-electron chi connectivity index (χ4n) is 1.63. The molecule has 1 saturated carbocycles. The first-order chi connectivity index (χ1) is 4.72. The minimum Gasteiger partial charge on any atom is -0.317 e. The van der Waals surface area contributed by atoms with E-state index in [0.717, 1.165) is 5.41 Å². The lowest BCUT2D eigenvalue weighted by atomic mass is 9.95. The van der Waals surface area contributed by atoms with Crippen LogP contribution in [0.1, 0.15) is 39.5 Å². The Morgan fingerprint density at radius 1 is 1.50 bits per heavy atom. The van der Waals surface area contributed by atoms with Gasteiger partial charge in [-0.15, -0.1) is 0 Å². The average molecular weight is 141 g/mol. The first kappa shape index (κ1) is 8.06. The molecule has 1 atom stereocenters. The Labute approximate surface area is 64.2 Å². The fourth-order valence-corrected chi connectivity index (χ4v) is 1.63. The molecule has 0 aromatic carbocycles. The van der Waals surface area contributed by atoms with E-state index in [1.165, 1.54) is 25.7 Å². The molecule has 1 fully saturated rings. The van der Waals surface area contributed by atoms with Gasteiger partial charge in [0.1, 0.15) is 0 Å². The lowest BCUT2D eigenvalue weighted by Crippen LogP contribution is -2.24. The standard InChI is InChI=1S/C9H19N/c1-4-9(5-6-9)7-8(2)10-3/h8,10H,4-7H2,1-3H3. The van der Waals surface area contributed by atoms with Crippen LogP contribution in [0.15, 0.2) is 0 Å². The lowest BCUT2D eigenvalue weighted by molar-refractivity contribution is 0.384. The molecule has 0 saturated heterocycles. The largest absolute Gasteiger partial charge is 0.317 e. The maximum atomic E-state index is 3.30. The molecule has 60 valence electrons. The first-order valence-corrected chi connectivity index (χ1v) is 4.40. The van der Waals surface area contributed by atoms with Crippen LogP contribution < -0.4 is 5.32 Å². The summed E-state index contributed by atoms with van der Waals surface area (Å²) in [6.45, 7) is 4.59. The first-order valence-electron chi connectivity index (χ1n) is 4.40. The third-order valence-corrected chi connectivity index (χ3v) is 2.94. The van der Waals surface area contributed by atoms with Gasteiger partial charge in [0.15, 0.2) is 0 Å². The second-order valence-electron chi connectivity index (χ2n) is 3.75. The van der Waals surface area contributed by atoms with E-state index in [1.807, 2.05) is 0 Å². The van der Waals surface area contributed by atoms with Crippen molar-refractivity contribution in [2.24, 2.45) is 5.41 Å². The topological polar surface area (TPSA) is 12.0 Å². The van der Waals surface area contributed by atoms with Gasteiger partial charge >= 0.3 is 0 Å². The van der Waals surface area contributed by atoms with Crippen LogP contribution in [0, 0.1) is 5.41 Å². The van der Waals surface area contributed by atoms with E-state index in [1.54, 1.807) is 0 Å². The van der Waals surface area contributed by atoms with Gasteiger partial charge in [-0.3, -0.25) is 0 Å². The highest BCUT2D eigenvalue weighted by Crippen LogP contribution is 2.52.